The molecule has 0 spiro atoms. The number of methoxy groups -OCH3 is 1. The van der Waals surface area contributed by atoms with Crippen LogP contribution in [0.5, 0.6) is 0 Å². The Morgan fingerprint density at radius 1 is 1.38 bits per heavy atom. The lowest BCUT2D eigenvalue weighted by Gasteiger charge is -2.30. The maximum absolute atomic E-state index is 5.27. The first kappa shape index (κ1) is 16.2. The summed E-state index contributed by atoms with van der Waals surface area (Å²) in [5.74, 6) is 1.90. The maximum atomic E-state index is 5.27. The van der Waals surface area contributed by atoms with E-state index in [0.717, 1.165) is 31.4 Å². The van der Waals surface area contributed by atoms with E-state index in [-0.39, 0.29) is 0 Å². The number of rotatable bonds is 9. The Labute approximate surface area is 128 Å². The molecule has 1 aromatic heterocycles. The highest BCUT2D eigenvalue weighted by Crippen LogP contribution is 2.36. The summed E-state index contributed by atoms with van der Waals surface area (Å²) in [4.78, 5) is 7.00. The van der Waals surface area contributed by atoms with Crippen LogP contribution in [0.15, 0.2) is 18.3 Å². The third kappa shape index (κ3) is 4.97. The Balaban J connectivity index is 2.08. The molecule has 1 atom stereocenters. The minimum Gasteiger partial charge on any atom is -0.383 e. The van der Waals surface area contributed by atoms with Crippen molar-refractivity contribution < 1.29 is 4.74 Å². The molecule has 4 heteroatoms. The van der Waals surface area contributed by atoms with E-state index in [9.17, 15) is 0 Å². The molecule has 1 aliphatic carbocycles. The molecule has 1 heterocycles. The van der Waals surface area contributed by atoms with Crippen molar-refractivity contribution in [3.05, 3.63) is 23.9 Å². The van der Waals surface area contributed by atoms with Crippen molar-refractivity contribution in [2.24, 2.45) is 5.92 Å². The lowest BCUT2D eigenvalue weighted by Crippen LogP contribution is -2.38. The van der Waals surface area contributed by atoms with Crippen molar-refractivity contribution >= 4 is 5.82 Å². The number of ether oxygens (including phenoxy) is 1. The fourth-order valence-electron chi connectivity index (χ4n) is 2.60. The molecule has 0 bridgehead atoms. The molecule has 0 saturated heterocycles. The van der Waals surface area contributed by atoms with Gasteiger partial charge in [-0.2, -0.15) is 0 Å². The zero-order chi connectivity index (χ0) is 15.2. The highest BCUT2D eigenvalue weighted by Gasteiger charge is 2.32. The zero-order valence-electron chi connectivity index (χ0n) is 13.8. The van der Waals surface area contributed by atoms with Crippen LogP contribution in [0.1, 0.15) is 39.2 Å². The standard InChI is InChI=1S/C17H29N3O/c1-13(2)19-12-15-7-8-18-17(11-15)20(9-10-21-4)14(3)16-5-6-16/h7-8,11,13-14,16,19H,5-6,9-10,12H2,1-4H3. The molecule has 0 radical (unpaired) electrons. The van der Waals surface area contributed by atoms with Crippen LogP contribution in [0.25, 0.3) is 0 Å². The molecule has 1 aromatic rings. The van der Waals surface area contributed by atoms with Gasteiger partial charge in [0.15, 0.2) is 0 Å². The van der Waals surface area contributed by atoms with Crippen molar-refractivity contribution in [3.8, 4) is 0 Å². The Hall–Kier alpha value is -1.13. The summed E-state index contributed by atoms with van der Waals surface area (Å²) in [6, 6.07) is 5.34. The number of nitrogens with one attached hydrogen (secondary N) is 1. The molecule has 2 rings (SSSR count). The van der Waals surface area contributed by atoms with E-state index in [2.05, 4.69) is 48.1 Å². The Kier molecular flexibility index (Phi) is 6.00. The molecular formula is C17H29N3O. The Bertz CT molecular complexity index is 432. The largest absolute Gasteiger partial charge is 0.383 e. The predicted octanol–water partition coefficient (Wildman–Crippen LogP) is 2.83. The van der Waals surface area contributed by atoms with Crippen LogP contribution >= 0.6 is 0 Å². The van der Waals surface area contributed by atoms with Crippen LogP contribution in [-0.4, -0.2) is 37.3 Å². The lowest BCUT2D eigenvalue weighted by molar-refractivity contribution is 0.202. The Morgan fingerprint density at radius 3 is 2.76 bits per heavy atom. The molecule has 4 nitrogen and oxygen atoms in total. The monoisotopic (exact) mass is 291 g/mol. The second-order valence-electron chi connectivity index (χ2n) is 6.32. The molecule has 1 N–H and O–H groups in total. The molecule has 1 unspecified atom stereocenters. The molecule has 0 aliphatic heterocycles. The van der Waals surface area contributed by atoms with Gasteiger partial charge in [-0.05, 0) is 43.4 Å². The number of hydrogen-bond acceptors (Lipinski definition) is 4. The first-order valence-corrected chi connectivity index (χ1v) is 8.05. The van der Waals surface area contributed by atoms with Crippen LogP contribution in [0.2, 0.25) is 0 Å². The second-order valence-corrected chi connectivity index (χ2v) is 6.32. The summed E-state index contributed by atoms with van der Waals surface area (Å²) in [6.07, 6.45) is 4.62. The number of anilines is 1. The van der Waals surface area contributed by atoms with Gasteiger partial charge in [0.2, 0.25) is 0 Å². The van der Waals surface area contributed by atoms with Crippen LogP contribution in [0.3, 0.4) is 0 Å². The van der Waals surface area contributed by atoms with Gasteiger partial charge in [0.25, 0.3) is 0 Å². The van der Waals surface area contributed by atoms with Gasteiger partial charge in [-0.3, -0.25) is 0 Å². The van der Waals surface area contributed by atoms with Crippen molar-refractivity contribution in [3.63, 3.8) is 0 Å². The maximum Gasteiger partial charge on any atom is 0.129 e. The van der Waals surface area contributed by atoms with Gasteiger partial charge in [-0.25, -0.2) is 4.98 Å². The predicted molar refractivity (Wildman–Crippen MR) is 87.6 cm³/mol. The summed E-state index contributed by atoms with van der Waals surface area (Å²) >= 11 is 0. The lowest BCUT2D eigenvalue weighted by atomic mass is 10.1. The van der Waals surface area contributed by atoms with Crippen molar-refractivity contribution in [2.75, 3.05) is 25.2 Å². The van der Waals surface area contributed by atoms with E-state index in [4.69, 9.17) is 4.74 Å². The second kappa shape index (κ2) is 7.76. The zero-order valence-corrected chi connectivity index (χ0v) is 13.8. The van der Waals surface area contributed by atoms with E-state index in [1.807, 2.05) is 6.20 Å². The minimum absolute atomic E-state index is 0.497. The molecule has 0 aromatic carbocycles. The van der Waals surface area contributed by atoms with Crippen molar-refractivity contribution in [1.82, 2.24) is 10.3 Å². The summed E-state index contributed by atoms with van der Waals surface area (Å²) in [7, 11) is 1.76. The van der Waals surface area contributed by atoms with Crippen LogP contribution in [0, 0.1) is 5.92 Å². The highest BCUT2D eigenvalue weighted by atomic mass is 16.5. The number of pyridine rings is 1. The first-order valence-electron chi connectivity index (χ1n) is 8.05. The molecule has 1 aliphatic rings. The van der Waals surface area contributed by atoms with E-state index in [1.54, 1.807) is 7.11 Å². The van der Waals surface area contributed by atoms with E-state index < -0.39 is 0 Å². The van der Waals surface area contributed by atoms with Gasteiger partial charge >= 0.3 is 0 Å². The molecular weight excluding hydrogens is 262 g/mol. The number of hydrogen-bond donors (Lipinski definition) is 1. The molecule has 21 heavy (non-hydrogen) atoms. The molecule has 1 fully saturated rings. The quantitative estimate of drug-likeness (QED) is 0.759. The van der Waals surface area contributed by atoms with Crippen LogP contribution in [-0.2, 0) is 11.3 Å². The smallest absolute Gasteiger partial charge is 0.129 e. The summed E-state index contributed by atoms with van der Waals surface area (Å²) < 4.78 is 5.27. The number of aromatic nitrogens is 1. The Morgan fingerprint density at radius 2 is 2.14 bits per heavy atom. The van der Waals surface area contributed by atoms with E-state index >= 15 is 0 Å². The summed E-state index contributed by atoms with van der Waals surface area (Å²) in [6.45, 7) is 9.19. The molecule has 118 valence electrons. The fourth-order valence-corrected chi connectivity index (χ4v) is 2.60. The van der Waals surface area contributed by atoms with Gasteiger partial charge < -0.3 is 15.0 Å². The third-order valence-electron chi connectivity index (χ3n) is 4.15. The van der Waals surface area contributed by atoms with Crippen LogP contribution in [0.4, 0.5) is 5.82 Å². The van der Waals surface area contributed by atoms with Gasteiger partial charge in [-0.15, -0.1) is 0 Å². The number of nitrogens with zero attached hydrogens (tertiary/aromatic N) is 2. The van der Waals surface area contributed by atoms with Gasteiger partial charge in [-0.1, -0.05) is 13.8 Å². The summed E-state index contributed by atoms with van der Waals surface area (Å²) in [5.41, 5.74) is 1.29. The molecule has 1 saturated carbocycles. The van der Waals surface area contributed by atoms with E-state index in [0.29, 0.717) is 12.1 Å². The SMILES string of the molecule is COCCN(c1cc(CNC(C)C)ccn1)C(C)C1CC1. The average molecular weight is 291 g/mol. The molecule has 0 amide bonds. The van der Waals surface area contributed by atoms with E-state index in [1.165, 1.54) is 18.4 Å². The van der Waals surface area contributed by atoms with Gasteiger partial charge in [0.1, 0.15) is 5.82 Å². The van der Waals surface area contributed by atoms with Gasteiger partial charge in [0, 0.05) is 38.5 Å². The summed E-state index contributed by atoms with van der Waals surface area (Å²) in [5, 5.41) is 3.46. The highest BCUT2D eigenvalue weighted by molar-refractivity contribution is 5.42. The van der Waals surface area contributed by atoms with Crippen molar-refractivity contribution in [2.45, 2.75) is 52.2 Å². The third-order valence-corrected chi connectivity index (χ3v) is 4.15. The van der Waals surface area contributed by atoms with Crippen LogP contribution < -0.4 is 10.2 Å². The minimum atomic E-state index is 0.497. The first-order chi connectivity index (χ1) is 10.1. The average Bonchev–Trinajstić information content (AvgIpc) is 3.30. The van der Waals surface area contributed by atoms with Crippen molar-refractivity contribution in [1.29, 1.82) is 0 Å². The van der Waals surface area contributed by atoms with Gasteiger partial charge in [0.05, 0.1) is 6.61 Å². The topological polar surface area (TPSA) is 37.4 Å². The normalized spacial score (nSPS) is 16.2. The fraction of sp³-hybridized carbons (Fsp3) is 0.706.